The number of Topliss-reactive ketones (excluding diaryl/α,β-unsaturated/α-hetero) is 1. The second-order valence-electron chi connectivity index (χ2n) is 4.66. The molecule has 0 N–H and O–H groups in total. The van der Waals surface area contributed by atoms with Gasteiger partial charge in [-0.2, -0.15) is 8.78 Å². The lowest BCUT2D eigenvalue weighted by Gasteiger charge is -2.12. The van der Waals surface area contributed by atoms with Crippen molar-refractivity contribution in [1.82, 2.24) is 0 Å². The van der Waals surface area contributed by atoms with Gasteiger partial charge in [-0.25, -0.2) is 4.39 Å². The number of carbonyl (C=O) groups is 1. The molecule has 2 aromatic carbocycles. The number of alkyl halides is 2. The third-order valence-corrected chi connectivity index (χ3v) is 2.96. The van der Waals surface area contributed by atoms with Gasteiger partial charge in [0, 0.05) is 13.3 Å². The SMILES string of the molecule is CC(F)(F)C(=O)c1cccc(Cc2ccccc2)c1F. The summed E-state index contributed by atoms with van der Waals surface area (Å²) in [5.41, 5.74) is 0.511. The molecule has 4 heteroatoms. The van der Waals surface area contributed by atoms with E-state index in [1.54, 1.807) is 0 Å². The molecule has 0 saturated carbocycles. The summed E-state index contributed by atoms with van der Waals surface area (Å²) in [6.45, 7) is 0.471. The average molecular weight is 278 g/mol. The normalized spacial score (nSPS) is 11.4. The second kappa shape index (κ2) is 5.49. The van der Waals surface area contributed by atoms with Crippen molar-refractivity contribution in [2.75, 3.05) is 0 Å². The molecule has 104 valence electrons. The molecular formula is C16H13F3O. The fraction of sp³-hybridized carbons (Fsp3) is 0.188. The fourth-order valence-corrected chi connectivity index (χ4v) is 1.94. The topological polar surface area (TPSA) is 17.1 Å². The van der Waals surface area contributed by atoms with Gasteiger partial charge in [0.2, 0.25) is 5.78 Å². The van der Waals surface area contributed by atoms with Crippen molar-refractivity contribution in [3.63, 3.8) is 0 Å². The van der Waals surface area contributed by atoms with E-state index < -0.39 is 23.1 Å². The summed E-state index contributed by atoms with van der Waals surface area (Å²) in [6.07, 6.45) is 0.253. The van der Waals surface area contributed by atoms with Crippen LogP contribution in [0.1, 0.15) is 28.4 Å². The van der Waals surface area contributed by atoms with Crippen molar-refractivity contribution < 1.29 is 18.0 Å². The molecule has 0 saturated heterocycles. The lowest BCUT2D eigenvalue weighted by atomic mass is 9.98. The smallest absolute Gasteiger partial charge is 0.287 e. The summed E-state index contributed by atoms with van der Waals surface area (Å²) >= 11 is 0. The largest absolute Gasteiger partial charge is 0.307 e. The highest BCUT2D eigenvalue weighted by Gasteiger charge is 2.35. The van der Waals surface area contributed by atoms with Crippen LogP contribution in [0.3, 0.4) is 0 Å². The van der Waals surface area contributed by atoms with Gasteiger partial charge in [0.15, 0.2) is 0 Å². The molecular weight excluding hydrogens is 265 g/mol. The molecule has 0 unspecified atom stereocenters. The first-order valence-electron chi connectivity index (χ1n) is 6.13. The maximum Gasteiger partial charge on any atom is 0.307 e. The number of rotatable bonds is 4. The Morgan fingerprint density at radius 1 is 1.05 bits per heavy atom. The Kier molecular flexibility index (Phi) is 3.93. The number of carbonyl (C=O) groups excluding carboxylic acids is 1. The lowest BCUT2D eigenvalue weighted by molar-refractivity contribution is 0.0217. The molecule has 0 amide bonds. The highest BCUT2D eigenvalue weighted by molar-refractivity contribution is 6.01. The minimum atomic E-state index is -3.58. The zero-order valence-corrected chi connectivity index (χ0v) is 10.9. The maximum atomic E-state index is 14.2. The van der Waals surface area contributed by atoms with Crippen molar-refractivity contribution in [2.24, 2.45) is 0 Å². The monoisotopic (exact) mass is 278 g/mol. The second-order valence-corrected chi connectivity index (χ2v) is 4.66. The molecule has 0 heterocycles. The quantitative estimate of drug-likeness (QED) is 0.764. The molecule has 0 aliphatic rings. The minimum Gasteiger partial charge on any atom is -0.287 e. The minimum absolute atomic E-state index is 0.228. The third kappa shape index (κ3) is 3.07. The summed E-state index contributed by atoms with van der Waals surface area (Å²) in [5.74, 6) is -5.94. The molecule has 0 spiro atoms. The zero-order valence-electron chi connectivity index (χ0n) is 10.9. The van der Waals surface area contributed by atoms with Gasteiger partial charge in [0.1, 0.15) is 5.82 Å². The van der Waals surface area contributed by atoms with E-state index >= 15 is 0 Å². The van der Waals surface area contributed by atoms with Crippen molar-refractivity contribution >= 4 is 5.78 Å². The number of hydrogen-bond donors (Lipinski definition) is 0. The van der Waals surface area contributed by atoms with E-state index in [2.05, 4.69) is 0 Å². The Balaban J connectivity index is 2.35. The lowest BCUT2D eigenvalue weighted by Crippen LogP contribution is -2.25. The van der Waals surface area contributed by atoms with Crippen molar-refractivity contribution in [1.29, 1.82) is 0 Å². The number of hydrogen-bond acceptors (Lipinski definition) is 1. The van der Waals surface area contributed by atoms with Crippen LogP contribution in [0.15, 0.2) is 48.5 Å². The third-order valence-electron chi connectivity index (χ3n) is 2.96. The van der Waals surface area contributed by atoms with Gasteiger partial charge in [-0.3, -0.25) is 4.79 Å². The first kappa shape index (κ1) is 14.3. The van der Waals surface area contributed by atoms with E-state index in [1.165, 1.54) is 12.1 Å². The van der Waals surface area contributed by atoms with Crippen LogP contribution in [-0.4, -0.2) is 11.7 Å². The molecule has 0 aliphatic heterocycles. The van der Waals surface area contributed by atoms with E-state index in [0.29, 0.717) is 6.92 Å². The van der Waals surface area contributed by atoms with Gasteiger partial charge in [0.05, 0.1) is 5.56 Å². The Labute approximate surface area is 115 Å². The molecule has 0 bridgehead atoms. The maximum absolute atomic E-state index is 14.2. The molecule has 0 atom stereocenters. The summed E-state index contributed by atoms with van der Waals surface area (Å²) in [7, 11) is 0. The Bertz CT molecular complexity index is 615. The highest BCUT2D eigenvalue weighted by atomic mass is 19.3. The standard InChI is InChI=1S/C16H13F3O/c1-16(18,19)15(20)13-9-5-8-12(14(13)17)10-11-6-3-2-4-7-11/h2-9H,10H2,1H3. The van der Waals surface area contributed by atoms with Crippen LogP contribution in [0.25, 0.3) is 0 Å². The highest BCUT2D eigenvalue weighted by Crippen LogP contribution is 2.24. The summed E-state index contributed by atoms with van der Waals surface area (Å²) in [4.78, 5) is 11.5. The summed E-state index contributed by atoms with van der Waals surface area (Å²) in [5, 5.41) is 0. The van der Waals surface area contributed by atoms with E-state index in [-0.39, 0.29) is 12.0 Å². The Hall–Kier alpha value is -2.10. The van der Waals surface area contributed by atoms with E-state index in [9.17, 15) is 18.0 Å². The summed E-state index contributed by atoms with van der Waals surface area (Å²) in [6, 6.07) is 13.1. The number of halogens is 3. The van der Waals surface area contributed by atoms with E-state index in [1.807, 2.05) is 30.3 Å². The zero-order chi connectivity index (χ0) is 14.8. The van der Waals surface area contributed by atoms with Gasteiger partial charge in [-0.1, -0.05) is 42.5 Å². The van der Waals surface area contributed by atoms with Crippen molar-refractivity contribution in [3.05, 3.63) is 71.0 Å². The Morgan fingerprint density at radius 3 is 2.30 bits per heavy atom. The first-order valence-corrected chi connectivity index (χ1v) is 6.13. The molecule has 0 fully saturated rings. The average Bonchev–Trinajstić information content (AvgIpc) is 2.40. The Morgan fingerprint density at radius 2 is 1.70 bits per heavy atom. The van der Waals surface area contributed by atoms with Gasteiger partial charge < -0.3 is 0 Å². The number of ketones is 1. The van der Waals surface area contributed by atoms with Crippen molar-refractivity contribution in [3.8, 4) is 0 Å². The number of benzene rings is 2. The van der Waals surface area contributed by atoms with Crippen LogP contribution in [0.4, 0.5) is 13.2 Å². The fourth-order valence-electron chi connectivity index (χ4n) is 1.94. The van der Waals surface area contributed by atoms with Gasteiger partial charge in [-0.15, -0.1) is 0 Å². The van der Waals surface area contributed by atoms with Crippen LogP contribution in [0.2, 0.25) is 0 Å². The molecule has 20 heavy (non-hydrogen) atoms. The molecule has 0 aromatic heterocycles. The van der Waals surface area contributed by atoms with Crippen LogP contribution in [0.5, 0.6) is 0 Å². The van der Waals surface area contributed by atoms with Crippen molar-refractivity contribution in [2.45, 2.75) is 19.3 Å². The van der Waals surface area contributed by atoms with Crippen LogP contribution in [-0.2, 0) is 6.42 Å². The van der Waals surface area contributed by atoms with Crippen LogP contribution in [0, 0.1) is 5.82 Å². The van der Waals surface area contributed by atoms with E-state index in [4.69, 9.17) is 0 Å². The molecule has 1 nitrogen and oxygen atoms in total. The first-order chi connectivity index (χ1) is 9.39. The van der Waals surface area contributed by atoms with Crippen LogP contribution >= 0.6 is 0 Å². The molecule has 0 radical (unpaired) electrons. The van der Waals surface area contributed by atoms with Gasteiger partial charge in [0.25, 0.3) is 0 Å². The van der Waals surface area contributed by atoms with E-state index in [0.717, 1.165) is 11.6 Å². The molecule has 0 aliphatic carbocycles. The summed E-state index contributed by atoms with van der Waals surface area (Å²) < 4.78 is 40.2. The molecule has 2 rings (SSSR count). The van der Waals surface area contributed by atoms with Gasteiger partial charge >= 0.3 is 5.92 Å². The predicted molar refractivity (Wildman–Crippen MR) is 70.6 cm³/mol. The van der Waals surface area contributed by atoms with Gasteiger partial charge in [-0.05, 0) is 17.2 Å². The molecule has 2 aromatic rings. The predicted octanol–water partition coefficient (Wildman–Crippen LogP) is 4.25. The van der Waals surface area contributed by atoms with Crippen LogP contribution < -0.4 is 0 Å².